The second-order valence-corrected chi connectivity index (χ2v) is 7.57. The van der Waals surface area contributed by atoms with Crippen molar-refractivity contribution in [2.75, 3.05) is 33.2 Å². The summed E-state index contributed by atoms with van der Waals surface area (Å²) in [4.78, 5) is 22.2. The molecule has 0 saturated heterocycles. The van der Waals surface area contributed by atoms with Crippen LogP contribution < -0.4 is 5.32 Å². The van der Waals surface area contributed by atoms with E-state index in [4.69, 9.17) is 4.99 Å². The average molecular weight is 533 g/mol. The molecule has 1 amide bonds. The average Bonchev–Trinajstić information content (AvgIpc) is 3.30. The number of hydrogen-bond donors (Lipinski definition) is 1. The lowest BCUT2D eigenvalue weighted by molar-refractivity contribution is -0.131. The molecule has 0 aliphatic rings. The Bertz CT molecular complexity index is 772. The molecule has 1 N–H and O–H groups in total. The molecule has 0 aliphatic heterocycles. The van der Waals surface area contributed by atoms with Crippen molar-refractivity contribution >= 4 is 47.2 Å². The van der Waals surface area contributed by atoms with Crippen molar-refractivity contribution in [2.24, 2.45) is 12.0 Å². The van der Waals surface area contributed by atoms with Gasteiger partial charge in [0, 0.05) is 38.6 Å². The van der Waals surface area contributed by atoms with Crippen LogP contribution >= 0.6 is 35.3 Å². The van der Waals surface area contributed by atoms with E-state index in [1.807, 2.05) is 49.2 Å². The smallest absolute Gasteiger partial charge is 0.242 e. The van der Waals surface area contributed by atoms with Gasteiger partial charge in [0.15, 0.2) is 11.8 Å². The first-order valence-corrected chi connectivity index (χ1v) is 10.5. The minimum Gasteiger partial charge on any atom is -0.356 e. The zero-order valence-electron chi connectivity index (χ0n) is 17.9. The lowest BCUT2D eigenvalue weighted by Gasteiger charge is -2.26. The molecule has 0 saturated carbocycles. The van der Waals surface area contributed by atoms with Crippen LogP contribution in [0, 0.1) is 6.92 Å². The van der Waals surface area contributed by atoms with Crippen LogP contribution in [0.1, 0.15) is 30.4 Å². The van der Waals surface area contributed by atoms with Gasteiger partial charge in [-0.2, -0.15) is 0 Å². The number of likely N-dealkylation sites (N-methyl/N-ethyl adjacent to an activating group) is 2. The Balaban J connectivity index is 0.00000420. The highest BCUT2D eigenvalue weighted by atomic mass is 127. The quantitative estimate of drug-likeness (QED) is 0.304. The van der Waals surface area contributed by atoms with E-state index in [1.54, 1.807) is 11.3 Å². The molecule has 2 aromatic rings. The van der Waals surface area contributed by atoms with Gasteiger partial charge in [0.2, 0.25) is 5.91 Å². The molecule has 10 heteroatoms. The maximum absolute atomic E-state index is 12.5. The Kier molecular flexibility index (Phi) is 11.2. The number of nitrogens with zero attached hydrogens (tertiary/aromatic N) is 6. The number of aromatic nitrogens is 3. The maximum atomic E-state index is 12.5. The summed E-state index contributed by atoms with van der Waals surface area (Å²) in [6.07, 6.45) is 0.914. The predicted molar refractivity (Wildman–Crippen MR) is 129 cm³/mol. The third-order valence-electron chi connectivity index (χ3n) is 4.64. The minimum absolute atomic E-state index is 0. The van der Waals surface area contributed by atoms with Gasteiger partial charge in [0.25, 0.3) is 0 Å². The summed E-state index contributed by atoms with van der Waals surface area (Å²) in [5, 5.41) is 13.7. The highest BCUT2D eigenvalue weighted by Gasteiger charge is 2.16. The highest BCUT2D eigenvalue weighted by molar-refractivity contribution is 14.0. The van der Waals surface area contributed by atoms with Gasteiger partial charge in [-0.05, 0) is 38.6 Å². The molecule has 2 aromatic heterocycles. The molecule has 29 heavy (non-hydrogen) atoms. The Morgan fingerprint density at radius 2 is 2.03 bits per heavy atom. The van der Waals surface area contributed by atoms with Gasteiger partial charge in [0.1, 0.15) is 12.4 Å². The van der Waals surface area contributed by atoms with Crippen molar-refractivity contribution in [3.05, 3.63) is 34.0 Å². The van der Waals surface area contributed by atoms with Crippen LogP contribution in [0.3, 0.4) is 0 Å². The number of aryl methyl sites for hydroxylation is 1. The van der Waals surface area contributed by atoms with Crippen LogP contribution in [0.15, 0.2) is 22.5 Å². The van der Waals surface area contributed by atoms with Crippen LogP contribution in [-0.2, 0) is 24.8 Å². The summed E-state index contributed by atoms with van der Waals surface area (Å²) in [5.74, 6) is 2.42. The molecule has 0 bridgehead atoms. The van der Waals surface area contributed by atoms with Crippen molar-refractivity contribution in [2.45, 2.75) is 33.7 Å². The van der Waals surface area contributed by atoms with E-state index in [0.717, 1.165) is 24.6 Å². The van der Waals surface area contributed by atoms with Crippen LogP contribution in [-0.4, -0.2) is 69.7 Å². The zero-order chi connectivity index (χ0) is 20.5. The molecule has 0 aromatic carbocycles. The number of rotatable bonds is 9. The Labute approximate surface area is 194 Å². The number of nitrogens with one attached hydrogen (secondary N) is 1. The van der Waals surface area contributed by atoms with Crippen LogP contribution in [0.2, 0.25) is 0 Å². The largest absolute Gasteiger partial charge is 0.356 e. The normalized spacial score (nSPS) is 11.1. The highest BCUT2D eigenvalue weighted by Crippen LogP contribution is 2.08. The van der Waals surface area contributed by atoms with Gasteiger partial charge >= 0.3 is 0 Å². The molecular formula is C19H32IN7OS. The summed E-state index contributed by atoms with van der Waals surface area (Å²) in [6.45, 7) is 8.75. The zero-order valence-corrected chi connectivity index (χ0v) is 21.0. The molecule has 162 valence electrons. The lowest BCUT2D eigenvalue weighted by atomic mass is 10.3. The van der Waals surface area contributed by atoms with Gasteiger partial charge in [-0.15, -0.1) is 45.5 Å². The molecule has 0 unspecified atom stereocenters. The van der Waals surface area contributed by atoms with E-state index in [1.165, 1.54) is 4.88 Å². The first-order chi connectivity index (χ1) is 13.5. The molecule has 2 rings (SSSR count). The fourth-order valence-electron chi connectivity index (χ4n) is 2.75. The lowest BCUT2D eigenvalue weighted by Crippen LogP contribution is -2.46. The van der Waals surface area contributed by atoms with E-state index in [2.05, 4.69) is 33.0 Å². The molecule has 0 radical (unpaired) electrons. The summed E-state index contributed by atoms with van der Waals surface area (Å²) < 4.78 is 1.92. The molecule has 0 atom stereocenters. The molecule has 0 spiro atoms. The standard InChI is InChI=1S/C19H31N7OS.HI/c1-6-26(7-2)18(27)14-24(4)19(20-11-10-16-9-8-12-28-16)21-13-17-23-22-15(3)25(17)5;/h8-9,12H,6-7,10-11,13-14H2,1-5H3,(H,20,21);1H. The topological polar surface area (TPSA) is 78.7 Å². The number of aliphatic imine (C=N–C) groups is 1. The maximum Gasteiger partial charge on any atom is 0.242 e. The van der Waals surface area contributed by atoms with Gasteiger partial charge in [-0.25, -0.2) is 4.99 Å². The van der Waals surface area contributed by atoms with Crippen LogP contribution in [0.25, 0.3) is 0 Å². The molecular weight excluding hydrogens is 501 g/mol. The SMILES string of the molecule is CCN(CC)C(=O)CN(C)C(=NCc1nnc(C)n1C)NCCc1cccs1.I. The minimum atomic E-state index is 0. The molecule has 0 aliphatic carbocycles. The number of hydrogen-bond acceptors (Lipinski definition) is 5. The summed E-state index contributed by atoms with van der Waals surface area (Å²) >= 11 is 1.74. The number of guanidine groups is 1. The fourth-order valence-corrected chi connectivity index (χ4v) is 3.46. The van der Waals surface area contributed by atoms with Gasteiger partial charge in [0.05, 0.1) is 6.54 Å². The number of carbonyl (C=O) groups excluding carboxylic acids is 1. The van der Waals surface area contributed by atoms with Crippen molar-refractivity contribution < 1.29 is 4.79 Å². The van der Waals surface area contributed by atoms with E-state index in [-0.39, 0.29) is 36.4 Å². The van der Waals surface area contributed by atoms with Crippen molar-refractivity contribution in [1.82, 2.24) is 29.9 Å². The third-order valence-corrected chi connectivity index (χ3v) is 5.57. The number of amides is 1. The number of thiophene rings is 1. The monoisotopic (exact) mass is 533 g/mol. The van der Waals surface area contributed by atoms with Crippen molar-refractivity contribution in [3.8, 4) is 0 Å². The Morgan fingerprint density at radius 3 is 2.59 bits per heavy atom. The third kappa shape index (κ3) is 7.57. The van der Waals surface area contributed by atoms with Gasteiger partial charge in [-0.3, -0.25) is 4.79 Å². The van der Waals surface area contributed by atoms with E-state index < -0.39 is 0 Å². The summed E-state index contributed by atoms with van der Waals surface area (Å²) in [7, 11) is 3.82. The van der Waals surface area contributed by atoms with Crippen molar-refractivity contribution in [1.29, 1.82) is 0 Å². The van der Waals surface area contributed by atoms with E-state index >= 15 is 0 Å². The predicted octanol–water partition coefficient (Wildman–Crippen LogP) is 2.29. The fraction of sp³-hybridized carbons (Fsp3) is 0.579. The van der Waals surface area contributed by atoms with Gasteiger partial charge in [-0.1, -0.05) is 6.07 Å². The number of halogens is 1. The summed E-state index contributed by atoms with van der Waals surface area (Å²) in [5.41, 5.74) is 0. The van der Waals surface area contributed by atoms with Crippen LogP contribution in [0.5, 0.6) is 0 Å². The van der Waals surface area contributed by atoms with E-state index in [0.29, 0.717) is 25.6 Å². The first-order valence-electron chi connectivity index (χ1n) is 9.60. The molecule has 8 nitrogen and oxygen atoms in total. The first kappa shape index (κ1) is 25.3. The molecule has 0 fully saturated rings. The Hall–Kier alpha value is -1.69. The van der Waals surface area contributed by atoms with E-state index in [9.17, 15) is 4.79 Å². The van der Waals surface area contributed by atoms with Gasteiger partial charge < -0.3 is 19.7 Å². The Morgan fingerprint density at radius 1 is 1.31 bits per heavy atom. The molecule has 2 heterocycles. The second-order valence-electron chi connectivity index (χ2n) is 6.54. The number of carbonyl (C=O) groups is 1. The van der Waals surface area contributed by atoms with Crippen LogP contribution in [0.4, 0.5) is 0 Å². The van der Waals surface area contributed by atoms with Crippen molar-refractivity contribution in [3.63, 3.8) is 0 Å². The second kappa shape index (κ2) is 12.8. The summed E-state index contributed by atoms with van der Waals surface area (Å²) in [6, 6.07) is 4.18.